The molecule has 3 heterocycles. The molecule has 2 fully saturated rings. The predicted octanol–water partition coefficient (Wildman–Crippen LogP) is 4.99. The lowest BCUT2D eigenvalue weighted by atomic mass is 9.92. The van der Waals surface area contributed by atoms with Crippen LogP contribution < -0.4 is 14.4 Å². The van der Waals surface area contributed by atoms with Crippen molar-refractivity contribution >= 4 is 27.6 Å². The van der Waals surface area contributed by atoms with E-state index in [1.54, 1.807) is 19.5 Å². The molecule has 1 saturated carbocycles. The molecule has 0 bridgehead atoms. The molecule has 1 aliphatic carbocycles. The first-order chi connectivity index (χ1) is 16.1. The zero-order valence-corrected chi connectivity index (χ0v) is 20.9. The van der Waals surface area contributed by atoms with Crippen molar-refractivity contribution in [2.24, 2.45) is 11.8 Å². The number of hydrogen-bond acceptors (Lipinski definition) is 7. The summed E-state index contributed by atoms with van der Waals surface area (Å²) < 4.78 is 17.5. The molecule has 4 rings (SSSR count). The minimum absolute atomic E-state index is 0.126. The second-order valence-corrected chi connectivity index (χ2v) is 9.65. The molecule has 0 unspecified atom stereocenters. The zero-order valence-electron chi connectivity index (χ0n) is 19.3. The number of nitrogens with zero attached hydrogens (tertiary/aromatic N) is 3. The van der Waals surface area contributed by atoms with Gasteiger partial charge in [-0.05, 0) is 77.9 Å². The maximum absolute atomic E-state index is 12.1. The molecular formula is C25H32BrN3O4. The summed E-state index contributed by atoms with van der Waals surface area (Å²) in [6, 6.07) is 6.00. The number of halogens is 1. The van der Waals surface area contributed by atoms with Gasteiger partial charge in [0.25, 0.3) is 0 Å². The molecule has 0 spiro atoms. The van der Waals surface area contributed by atoms with Gasteiger partial charge in [0.2, 0.25) is 11.8 Å². The molecule has 0 aromatic carbocycles. The third-order valence-corrected chi connectivity index (χ3v) is 7.12. The normalized spacial score (nSPS) is 17.5. The van der Waals surface area contributed by atoms with E-state index in [1.807, 2.05) is 25.1 Å². The maximum atomic E-state index is 12.1. The van der Waals surface area contributed by atoms with Crippen LogP contribution in [0.2, 0.25) is 0 Å². The number of ether oxygens (including phenoxy) is 3. The molecule has 2 aromatic heterocycles. The number of anilines is 1. The number of aromatic nitrogens is 2. The van der Waals surface area contributed by atoms with Crippen molar-refractivity contribution in [1.82, 2.24) is 9.97 Å². The number of pyridine rings is 2. The highest BCUT2D eigenvalue weighted by Gasteiger charge is 2.34. The summed E-state index contributed by atoms with van der Waals surface area (Å²) in [5.74, 6) is 2.36. The lowest BCUT2D eigenvalue weighted by molar-refractivity contribution is -0.143. The van der Waals surface area contributed by atoms with Crippen LogP contribution in [-0.2, 0) is 9.53 Å². The van der Waals surface area contributed by atoms with E-state index >= 15 is 0 Å². The van der Waals surface area contributed by atoms with E-state index in [1.165, 1.54) is 12.8 Å². The third kappa shape index (κ3) is 6.37. The number of esters is 1. The lowest BCUT2D eigenvalue weighted by Crippen LogP contribution is -2.35. The van der Waals surface area contributed by atoms with Crippen LogP contribution in [0.1, 0.15) is 50.5 Å². The minimum atomic E-state index is -0.126. The van der Waals surface area contributed by atoms with Gasteiger partial charge in [-0.1, -0.05) is 0 Å². The van der Waals surface area contributed by atoms with Crippen molar-refractivity contribution in [2.45, 2.75) is 44.9 Å². The highest BCUT2D eigenvalue weighted by atomic mass is 79.9. The van der Waals surface area contributed by atoms with Gasteiger partial charge in [0, 0.05) is 37.6 Å². The van der Waals surface area contributed by atoms with Gasteiger partial charge in [0.05, 0.1) is 36.9 Å². The van der Waals surface area contributed by atoms with Crippen LogP contribution in [0.25, 0.3) is 0 Å². The first kappa shape index (κ1) is 23.8. The molecule has 1 atom stereocenters. The monoisotopic (exact) mass is 517 g/mol. The van der Waals surface area contributed by atoms with E-state index < -0.39 is 0 Å². The van der Waals surface area contributed by atoms with Crippen molar-refractivity contribution in [3.8, 4) is 11.8 Å². The lowest BCUT2D eigenvalue weighted by Gasteiger charge is -2.34. The Hall–Kier alpha value is -2.35. The Bertz CT molecular complexity index is 945. The Morgan fingerprint density at radius 3 is 2.67 bits per heavy atom. The molecule has 1 aliphatic heterocycles. The average Bonchev–Trinajstić information content (AvgIpc) is 3.68. The van der Waals surface area contributed by atoms with Gasteiger partial charge >= 0.3 is 5.97 Å². The van der Waals surface area contributed by atoms with Crippen molar-refractivity contribution in [3.05, 3.63) is 40.6 Å². The first-order valence-electron chi connectivity index (χ1n) is 11.8. The molecule has 178 valence electrons. The van der Waals surface area contributed by atoms with E-state index in [0.717, 1.165) is 41.7 Å². The smallest absolute Gasteiger partial charge is 0.306 e. The van der Waals surface area contributed by atoms with E-state index in [-0.39, 0.29) is 11.9 Å². The standard InChI is InChI=1S/C25H32BrN3O4/c1-3-32-25(30)13-20(18-4-5-18)19-6-9-27-24(12-19)33-16-17-7-10-29(11-8-17)22-14-23(31-2)28-15-21(22)26/h6,9,12,14-15,17-18,20H,3-5,7-8,10-11,13,16H2,1-2H3/t20-/m0/s1. The topological polar surface area (TPSA) is 73.8 Å². The summed E-state index contributed by atoms with van der Waals surface area (Å²) in [5.41, 5.74) is 2.24. The van der Waals surface area contributed by atoms with Crippen LogP contribution in [0.15, 0.2) is 35.1 Å². The summed E-state index contributed by atoms with van der Waals surface area (Å²) in [6.07, 6.45) is 8.44. The van der Waals surface area contributed by atoms with Crippen LogP contribution in [0, 0.1) is 11.8 Å². The largest absolute Gasteiger partial charge is 0.481 e. The Labute approximate surface area is 204 Å². The fourth-order valence-electron chi connectivity index (χ4n) is 4.50. The number of hydrogen-bond donors (Lipinski definition) is 0. The third-order valence-electron chi connectivity index (χ3n) is 6.51. The Morgan fingerprint density at radius 1 is 1.18 bits per heavy atom. The summed E-state index contributed by atoms with van der Waals surface area (Å²) >= 11 is 3.61. The fraction of sp³-hybridized carbons (Fsp3) is 0.560. The molecule has 2 aliphatic rings. The molecule has 7 nitrogen and oxygen atoms in total. The summed E-state index contributed by atoms with van der Waals surface area (Å²) in [4.78, 5) is 23.1. The Balaban J connectivity index is 1.31. The Morgan fingerprint density at radius 2 is 1.97 bits per heavy atom. The van der Waals surface area contributed by atoms with Crippen molar-refractivity contribution in [1.29, 1.82) is 0 Å². The molecule has 0 radical (unpaired) electrons. The van der Waals surface area contributed by atoms with Crippen LogP contribution in [-0.4, -0.2) is 49.4 Å². The molecule has 33 heavy (non-hydrogen) atoms. The minimum Gasteiger partial charge on any atom is -0.481 e. The van der Waals surface area contributed by atoms with Gasteiger partial charge in [-0.25, -0.2) is 9.97 Å². The van der Waals surface area contributed by atoms with Crippen LogP contribution in [0.5, 0.6) is 11.8 Å². The number of carbonyl (C=O) groups excluding carboxylic acids is 1. The molecule has 0 amide bonds. The maximum Gasteiger partial charge on any atom is 0.306 e. The summed E-state index contributed by atoms with van der Waals surface area (Å²) in [6.45, 7) is 4.83. The number of piperidine rings is 1. The van der Waals surface area contributed by atoms with E-state index in [0.29, 0.717) is 43.2 Å². The van der Waals surface area contributed by atoms with Crippen molar-refractivity contribution < 1.29 is 19.0 Å². The molecule has 8 heteroatoms. The molecule has 2 aromatic rings. The van der Waals surface area contributed by atoms with E-state index in [4.69, 9.17) is 14.2 Å². The van der Waals surface area contributed by atoms with Crippen LogP contribution in [0.4, 0.5) is 5.69 Å². The van der Waals surface area contributed by atoms with Crippen molar-refractivity contribution in [2.75, 3.05) is 38.3 Å². The van der Waals surface area contributed by atoms with Gasteiger partial charge in [-0.15, -0.1) is 0 Å². The van der Waals surface area contributed by atoms with Gasteiger partial charge in [0.1, 0.15) is 0 Å². The van der Waals surface area contributed by atoms with E-state index in [2.05, 4.69) is 30.8 Å². The second kappa shape index (κ2) is 11.2. The SMILES string of the molecule is CCOC(=O)C[C@H](c1ccnc(OCC2CCN(c3cc(OC)ncc3Br)CC2)c1)C1CC1. The molecule has 1 saturated heterocycles. The number of rotatable bonds is 10. The van der Waals surface area contributed by atoms with Gasteiger partial charge in [0.15, 0.2) is 0 Å². The second-order valence-electron chi connectivity index (χ2n) is 8.80. The van der Waals surface area contributed by atoms with Gasteiger partial charge in [-0.2, -0.15) is 0 Å². The van der Waals surface area contributed by atoms with Crippen molar-refractivity contribution in [3.63, 3.8) is 0 Å². The quantitative estimate of drug-likeness (QED) is 0.411. The highest BCUT2D eigenvalue weighted by molar-refractivity contribution is 9.10. The molecular weight excluding hydrogens is 486 g/mol. The highest BCUT2D eigenvalue weighted by Crippen LogP contribution is 2.45. The predicted molar refractivity (Wildman–Crippen MR) is 130 cm³/mol. The Kier molecular flexibility index (Phi) is 8.06. The zero-order chi connectivity index (χ0) is 23.2. The molecule has 0 N–H and O–H groups in total. The van der Waals surface area contributed by atoms with Gasteiger partial charge in [-0.3, -0.25) is 4.79 Å². The van der Waals surface area contributed by atoms with Crippen LogP contribution in [0.3, 0.4) is 0 Å². The number of carbonyl (C=O) groups is 1. The number of methoxy groups -OCH3 is 1. The first-order valence-corrected chi connectivity index (χ1v) is 12.6. The average molecular weight is 518 g/mol. The summed E-state index contributed by atoms with van der Waals surface area (Å²) in [5, 5.41) is 0. The van der Waals surface area contributed by atoms with Crippen LogP contribution >= 0.6 is 15.9 Å². The van der Waals surface area contributed by atoms with E-state index in [9.17, 15) is 4.79 Å². The van der Waals surface area contributed by atoms with Gasteiger partial charge < -0.3 is 19.1 Å². The fourth-order valence-corrected chi connectivity index (χ4v) is 4.96. The summed E-state index contributed by atoms with van der Waals surface area (Å²) in [7, 11) is 1.64.